The summed E-state index contributed by atoms with van der Waals surface area (Å²) in [6, 6.07) is 0. The maximum Gasteiger partial charge on any atom is 0.491 e. The Hall–Kier alpha value is -1.99. The van der Waals surface area contributed by atoms with Crippen LogP contribution in [0.4, 0.5) is 11.5 Å². The molecule has 0 fully saturated rings. The van der Waals surface area contributed by atoms with Gasteiger partial charge in [0.2, 0.25) is 6.26 Å². The van der Waals surface area contributed by atoms with E-state index in [1.54, 1.807) is 0 Å². The van der Waals surface area contributed by atoms with Crippen molar-refractivity contribution in [2.75, 3.05) is 0 Å². The standard InChI is InChI=1S/C3HN3O5/c7-5(8)2-1-11-4-3(2)6(9)10/h1H. The Morgan fingerprint density at radius 1 is 1.36 bits per heavy atom. The van der Waals surface area contributed by atoms with Gasteiger partial charge in [0, 0.05) is 0 Å². The van der Waals surface area contributed by atoms with Gasteiger partial charge in [-0.05, 0) is 4.92 Å². The summed E-state index contributed by atoms with van der Waals surface area (Å²) in [6.45, 7) is 0. The smallest absolute Gasteiger partial charge is 0.358 e. The summed E-state index contributed by atoms with van der Waals surface area (Å²) in [5, 5.41) is 22.8. The second-order valence-electron chi connectivity index (χ2n) is 1.54. The van der Waals surface area contributed by atoms with Gasteiger partial charge in [-0.1, -0.05) is 0 Å². The van der Waals surface area contributed by atoms with Gasteiger partial charge in [0.1, 0.15) is 0 Å². The molecule has 11 heavy (non-hydrogen) atoms. The van der Waals surface area contributed by atoms with E-state index in [2.05, 4.69) is 9.68 Å². The predicted octanol–water partition coefficient (Wildman–Crippen LogP) is 0.491. The molecular formula is C3HN3O5. The van der Waals surface area contributed by atoms with Gasteiger partial charge >= 0.3 is 11.5 Å². The van der Waals surface area contributed by atoms with E-state index >= 15 is 0 Å². The van der Waals surface area contributed by atoms with Gasteiger partial charge in [0.25, 0.3) is 0 Å². The van der Waals surface area contributed by atoms with Crippen LogP contribution in [-0.4, -0.2) is 15.0 Å². The van der Waals surface area contributed by atoms with E-state index in [0.717, 1.165) is 0 Å². The molecule has 0 atom stereocenters. The maximum atomic E-state index is 9.99. The Morgan fingerprint density at radius 2 is 2.00 bits per heavy atom. The van der Waals surface area contributed by atoms with Gasteiger partial charge in [-0.25, -0.2) is 0 Å². The number of rotatable bonds is 2. The Balaban J connectivity index is 3.16. The highest BCUT2D eigenvalue weighted by molar-refractivity contribution is 5.42. The zero-order valence-corrected chi connectivity index (χ0v) is 4.96. The zero-order valence-electron chi connectivity index (χ0n) is 4.96. The molecule has 0 amide bonds. The fourth-order valence-corrected chi connectivity index (χ4v) is 0.477. The van der Waals surface area contributed by atoms with E-state index in [0.29, 0.717) is 6.26 Å². The third-order valence-electron chi connectivity index (χ3n) is 0.902. The van der Waals surface area contributed by atoms with Crippen LogP contribution in [0.1, 0.15) is 0 Å². The average Bonchev–Trinajstić information content (AvgIpc) is 2.32. The quantitative estimate of drug-likeness (QED) is 0.458. The van der Waals surface area contributed by atoms with Crippen molar-refractivity contribution in [3.63, 3.8) is 0 Å². The van der Waals surface area contributed by atoms with Gasteiger partial charge in [-0.15, -0.1) is 0 Å². The number of nitro groups is 2. The molecule has 0 saturated heterocycles. The zero-order chi connectivity index (χ0) is 8.43. The van der Waals surface area contributed by atoms with Gasteiger partial charge in [-0.2, -0.15) is 0 Å². The predicted molar refractivity (Wildman–Crippen MR) is 29.8 cm³/mol. The Morgan fingerprint density at radius 3 is 2.36 bits per heavy atom. The summed E-state index contributed by atoms with van der Waals surface area (Å²) in [7, 11) is 0. The topological polar surface area (TPSA) is 112 Å². The van der Waals surface area contributed by atoms with Crippen LogP contribution in [0, 0.1) is 20.2 Å². The lowest BCUT2D eigenvalue weighted by atomic mass is 10.5. The second kappa shape index (κ2) is 2.33. The monoisotopic (exact) mass is 159 g/mol. The average molecular weight is 159 g/mol. The minimum Gasteiger partial charge on any atom is -0.358 e. The molecule has 58 valence electrons. The fraction of sp³-hybridized carbons (Fsp3) is 0. The molecule has 0 aliphatic heterocycles. The molecule has 0 saturated carbocycles. The van der Waals surface area contributed by atoms with Gasteiger partial charge in [-0.3, -0.25) is 14.6 Å². The van der Waals surface area contributed by atoms with E-state index in [4.69, 9.17) is 0 Å². The normalized spacial score (nSPS) is 9.45. The summed E-state index contributed by atoms with van der Waals surface area (Å²) in [5.41, 5.74) is -0.741. The van der Waals surface area contributed by atoms with Crippen LogP contribution in [0.3, 0.4) is 0 Å². The summed E-state index contributed by atoms with van der Waals surface area (Å²) in [5.74, 6) is -0.880. The molecule has 0 bridgehead atoms. The number of aromatic nitrogens is 1. The molecule has 8 heteroatoms. The third-order valence-corrected chi connectivity index (χ3v) is 0.902. The Bertz CT molecular complexity index is 275. The van der Waals surface area contributed by atoms with E-state index in [1.165, 1.54) is 0 Å². The maximum absolute atomic E-state index is 9.99. The molecular weight excluding hydrogens is 158 g/mol. The van der Waals surface area contributed by atoms with Crippen LogP contribution < -0.4 is 0 Å². The Kier molecular flexibility index (Phi) is 1.51. The third kappa shape index (κ3) is 1.13. The molecule has 0 aromatic carbocycles. The summed E-state index contributed by atoms with van der Waals surface area (Å²) < 4.78 is 4.03. The number of hydrogen-bond donors (Lipinski definition) is 0. The van der Waals surface area contributed by atoms with Crippen LogP contribution in [0.25, 0.3) is 0 Å². The Labute approximate surface area is 58.7 Å². The summed E-state index contributed by atoms with van der Waals surface area (Å²) in [4.78, 5) is 18.0. The number of hydrogen-bond acceptors (Lipinski definition) is 6. The molecule has 0 radical (unpaired) electrons. The van der Waals surface area contributed by atoms with E-state index in [9.17, 15) is 20.2 Å². The molecule has 0 unspecified atom stereocenters. The molecule has 1 aromatic rings. The van der Waals surface area contributed by atoms with E-state index in [-0.39, 0.29) is 0 Å². The van der Waals surface area contributed by atoms with Crippen LogP contribution in [-0.2, 0) is 0 Å². The van der Waals surface area contributed by atoms with Crippen molar-refractivity contribution in [2.24, 2.45) is 0 Å². The number of nitrogens with zero attached hydrogens (tertiary/aromatic N) is 3. The van der Waals surface area contributed by atoms with Crippen molar-refractivity contribution in [3.8, 4) is 0 Å². The van der Waals surface area contributed by atoms with Crippen LogP contribution in [0.15, 0.2) is 10.8 Å². The van der Waals surface area contributed by atoms with Crippen LogP contribution >= 0.6 is 0 Å². The first kappa shape index (κ1) is 7.12. The fourth-order valence-electron chi connectivity index (χ4n) is 0.477. The van der Waals surface area contributed by atoms with Gasteiger partial charge < -0.3 is 10.1 Å². The van der Waals surface area contributed by atoms with Crippen molar-refractivity contribution in [1.29, 1.82) is 0 Å². The lowest BCUT2D eigenvalue weighted by Gasteiger charge is -1.83. The van der Waals surface area contributed by atoms with Crippen molar-refractivity contribution >= 4 is 11.5 Å². The molecule has 0 aliphatic carbocycles. The summed E-state index contributed by atoms with van der Waals surface area (Å²) >= 11 is 0. The minimum atomic E-state index is -0.984. The SMILES string of the molecule is O=[N+]([O-])c1conc1[N+](=O)[O-]. The van der Waals surface area contributed by atoms with Crippen LogP contribution in [0.2, 0.25) is 0 Å². The molecule has 0 N–H and O–H groups in total. The van der Waals surface area contributed by atoms with Crippen molar-refractivity contribution in [1.82, 2.24) is 5.16 Å². The van der Waals surface area contributed by atoms with E-state index in [1.807, 2.05) is 0 Å². The molecule has 0 spiro atoms. The lowest BCUT2D eigenvalue weighted by Crippen LogP contribution is -1.93. The highest BCUT2D eigenvalue weighted by Crippen LogP contribution is 2.23. The van der Waals surface area contributed by atoms with Gasteiger partial charge in [0.15, 0.2) is 5.16 Å². The minimum absolute atomic E-state index is 0.609. The van der Waals surface area contributed by atoms with Crippen molar-refractivity contribution in [2.45, 2.75) is 0 Å². The highest BCUT2D eigenvalue weighted by Gasteiger charge is 2.29. The van der Waals surface area contributed by atoms with Gasteiger partial charge in [0.05, 0.1) is 4.92 Å². The first-order valence-electron chi connectivity index (χ1n) is 2.36. The van der Waals surface area contributed by atoms with Crippen LogP contribution in [0.5, 0.6) is 0 Å². The molecule has 1 rings (SSSR count). The lowest BCUT2D eigenvalue weighted by molar-refractivity contribution is -0.424. The molecule has 8 nitrogen and oxygen atoms in total. The first-order valence-corrected chi connectivity index (χ1v) is 2.36. The van der Waals surface area contributed by atoms with Crippen molar-refractivity contribution in [3.05, 3.63) is 26.5 Å². The van der Waals surface area contributed by atoms with E-state index < -0.39 is 21.4 Å². The highest BCUT2D eigenvalue weighted by atomic mass is 16.6. The molecule has 1 heterocycles. The first-order chi connectivity index (χ1) is 5.13. The molecule has 1 aromatic heterocycles. The largest absolute Gasteiger partial charge is 0.491 e. The summed E-state index contributed by atoms with van der Waals surface area (Å²) in [6.07, 6.45) is 0.609. The second-order valence-corrected chi connectivity index (χ2v) is 1.54. The van der Waals surface area contributed by atoms with Crippen molar-refractivity contribution < 1.29 is 14.4 Å². The molecule has 0 aliphatic rings.